The van der Waals surface area contributed by atoms with Gasteiger partial charge in [0.1, 0.15) is 0 Å². The number of rotatable bonds is 6. The standard InChI is InChI=1S/C22H32N4O3/c1-3-29-21(28)18-10-12-26(13-11-18)22(23-2)24-15-16-6-4-9-19(14-16)25-20(27)17-7-5-8-17/h4,6,9,14,17-18H,3,5,7-8,10-13,15H2,1-2H3,(H,23,24)(H,25,27). The van der Waals surface area contributed by atoms with Gasteiger partial charge in [-0.15, -0.1) is 0 Å². The van der Waals surface area contributed by atoms with Gasteiger partial charge >= 0.3 is 5.97 Å². The number of anilines is 1. The molecular formula is C22H32N4O3. The van der Waals surface area contributed by atoms with Gasteiger partial charge in [0.2, 0.25) is 5.91 Å². The summed E-state index contributed by atoms with van der Waals surface area (Å²) in [5.74, 6) is 1.03. The third kappa shape index (κ3) is 5.71. The molecule has 3 rings (SSSR count). The summed E-state index contributed by atoms with van der Waals surface area (Å²) in [4.78, 5) is 30.6. The summed E-state index contributed by atoms with van der Waals surface area (Å²) in [5.41, 5.74) is 1.92. The quantitative estimate of drug-likeness (QED) is 0.436. The van der Waals surface area contributed by atoms with E-state index in [-0.39, 0.29) is 23.7 Å². The van der Waals surface area contributed by atoms with Crippen LogP contribution in [-0.4, -0.2) is 49.5 Å². The monoisotopic (exact) mass is 400 g/mol. The van der Waals surface area contributed by atoms with Gasteiger partial charge in [-0.1, -0.05) is 18.6 Å². The third-order valence-electron chi connectivity index (χ3n) is 5.75. The molecule has 2 fully saturated rings. The maximum Gasteiger partial charge on any atom is 0.309 e. The molecule has 0 atom stereocenters. The van der Waals surface area contributed by atoms with Crippen molar-refractivity contribution in [1.29, 1.82) is 0 Å². The molecular weight excluding hydrogens is 368 g/mol. The van der Waals surface area contributed by atoms with E-state index < -0.39 is 0 Å². The highest BCUT2D eigenvalue weighted by molar-refractivity contribution is 5.93. The minimum atomic E-state index is -0.0872. The van der Waals surface area contributed by atoms with Gasteiger partial charge in [-0.3, -0.25) is 14.6 Å². The zero-order valence-corrected chi connectivity index (χ0v) is 17.4. The van der Waals surface area contributed by atoms with Crippen LogP contribution in [0.25, 0.3) is 0 Å². The number of benzene rings is 1. The van der Waals surface area contributed by atoms with E-state index in [1.54, 1.807) is 7.05 Å². The molecule has 1 amide bonds. The van der Waals surface area contributed by atoms with E-state index in [0.29, 0.717) is 13.2 Å². The van der Waals surface area contributed by atoms with E-state index in [2.05, 4.69) is 20.5 Å². The molecule has 7 nitrogen and oxygen atoms in total. The summed E-state index contributed by atoms with van der Waals surface area (Å²) in [6, 6.07) is 7.92. The van der Waals surface area contributed by atoms with Crippen LogP contribution in [0.3, 0.4) is 0 Å². The Morgan fingerprint density at radius 2 is 1.93 bits per heavy atom. The molecule has 1 heterocycles. The molecule has 29 heavy (non-hydrogen) atoms. The van der Waals surface area contributed by atoms with Gasteiger partial charge in [-0.2, -0.15) is 0 Å². The lowest BCUT2D eigenvalue weighted by Crippen LogP contribution is -2.46. The van der Waals surface area contributed by atoms with E-state index in [4.69, 9.17) is 4.74 Å². The number of likely N-dealkylation sites (tertiary alicyclic amines) is 1. The number of piperidine rings is 1. The minimum Gasteiger partial charge on any atom is -0.466 e. The zero-order valence-electron chi connectivity index (χ0n) is 17.4. The second kappa shape index (κ2) is 10.3. The van der Waals surface area contributed by atoms with Gasteiger partial charge in [0.25, 0.3) is 0 Å². The highest BCUT2D eigenvalue weighted by Crippen LogP contribution is 2.27. The third-order valence-corrected chi connectivity index (χ3v) is 5.75. The predicted molar refractivity (Wildman–Crippen MR) is 114 cm³/mol. The van der Waals surface area contributed by atoms with Crippen molar-refractivity contribution in [2.75, 3.05) is 32.1 Å². The molecule has 1 aromatic rings. The molecule has 7 heteroatoms. The Bertz CT molecular complexity index is 737. The van der Waals surface area contributed by atoms with Crippen molar-refractivity contribution in [3.63, 3.8) is 0 Å². The number of aliphatic imine (C=N–C) groups is 1. The molecule has 1 saturated heterocycles. The normalized spacial score (nSPS) is 18.1. The average molecular weight is 401 g/mol. The van der Waals surface area contributed by atoms with Crippen molar-refractivity contribution in [2.45, 2.75) is 45.6 Å². The molecule has 0 spiro atoms. The van der Waals surface area contributed by atoms with Crippen LogP contribution in [0, 0.1) is 11.8 Å². The van der Waals surface area contributed by atoms with Crippen molar-refractivity contribution in [3.05, 3.63) is 29.8 Å². The molecule has 0 bridgehead atoms. The van der Waals surface area contributed by atoms with Crippen LogP contribution in [0.4, 0.5) is 5.69 Å². The van der Waals surface area contributed by atoms with Crippen LogP contribution < -0.4 is 10.6 Å². The molecule has 1 aliphatic carbocycles. The molecule has 1 saturated carbocycles. The number of esters is 1. The van der Waals surface area contributed by atoms with Crippen LogP contribution in [0.2, 0.25) is 0 Å². The maximum atomic E-state index is 12.2. The molecule has 2 N–H and O–H groups in total. The second-order valence-electron chi connectivity index (χ2n) is 7.73. The van der Waals surface area contributed by atoms with E-state index >= 15 is 0 Å². The van der Waals surface area contributed by atoms with Crippen molar-refractivity contribution < 1.29 is 14.3 Å². The number of guanidine groups is 1. The van der Waals surface area contributed by atoms with Crippen molar-refractivity contribution >= 4 is 23.5 Å². The van der Waals surface area contributed by atoms with E-state index in [0.717, 1.165) is 62.4 Å². The van der Waals surface area contributed by atoms with Gasteiger partial charge in [0, 0.05) is 38.3 Å². The fourth-order valence-electron chi connectivity index (χ4n) is 3.77. The number of carbonyl (C=O) groups excluding carboxylic acids is 2. The second-order valence-corrected chi connectivity index (χ2v) is 7.73. The largest absolute Gasteiger partial charge is 0.466 e. The van der Waals surface area contributed by atoms with E-state index in [1.807, 2.05) is 31.2 Å². The van der Waals surface area contributed by atoms with Crippen LogP contribution in [-0.2, 0) is 20.9 Å². The number of carbonyl (C=O) groups is 2. The number of hydrogen-bond donors (Lipinski definition) is 2. The van der Waals surface area contributed by atoms with Crippen molar-refractivity contribution in [1.82, 2.24) is 10.2 Å². The van der Waals surface area contributed by atoms with Gasteiger partial charge in [0.05, 0.1) is 12.5 Å². The molecule has 158 valence electrons. The lowest BCUT2D eigenvalue weighted by Gasteiger charge is -2.33. The lowest BCUT2D eigenvalue weighted by molar-refractivity contribution is -0.149. The topological polar surface area (TPSA) is 83.0 Å². The zero-order chi connectivity index (χ0) is 20.6. The number of ether oxygens (including phenoxy) is 1. The molecule has 1 aromatic carbocycles. The summed E-state index contributed by atoms with van der Waals surface area (Å²) < 4.78 is 5.14. The SMILES string of the molecule is CCOC(=O)C1CCN(C(=NC)NCc2cccc(NC(=O)C3CCC3)c2)CC1. The minimum absolute atomic E-state index is 0.0136. The first-order valence-electron chi connectivity index (χ1n) is 10.6. The summed E-state index contributed by atoms with van der Waals surface area (Å²) in [6.07, 6.45) is 4.70. The first kappa shape index (κ1) is 21.1. The number of nitrogens with one attached hydrogen (secondary N) is 2. The number of nitrogens with zero attached hydrogens (tertiary/aromatic N) is 2. The first-order valence-corrected chi connectivity index (χ1v) is 10.6. The van der Waals surface area contributed by atoms with Crippen LogP contribution in [0.1, 0.15) is 44.6 Å². The summed E-state index contributed by atoms with van der Waals surface area (Å²) in [6.45, 7) is 4.45. The van der Waals surface area contributed by atoms with Gasteiger partial charge in [0.15, 0.2) is 5.96 Å². The Balaban J connectivity index is 1.49. The highest BCUT2D eigenvalue weighted by Gasteiger charge is 2.27. The summed E-state index contributed by atoms with van der Waals surface area (Å²) in [5, 5.41) is 6.42. The first-order chi connectivity index (χ1) is 14.1. The molecule has 0 radical (unpaired) electrons. The molecule has 1 aliphatic heterocycles. The van der Waals surface area contributed by atoms with Gasteiger partial charge in [-0.05, 0) is 50.3 Å². The fraction of sp³-hybridized carbons (Fsp3) is 0.591. The van der Waals surface area contributed by atoms with Crippen molar-refractivity contribution in [3.8, 4) is 0 Å². The van der Waals surface area contributed by atoms with Gasteiger partial charge in [-0.25, -0.2) is 0 Å². The number of hydrogen-bond acceptors (Lipinski definition) is 4. The highest BCUT2D eigenvalue weighted by atomic mass is 16.5. The Kier molecular flexibility index (Phi) is 7.49. The Morgan fingerprint density at radius 3 is 2.55 bits per heavy atom. The smallest absolute Gasteiger partial charge is 0.309 e. The lowest BCUT2D eigenvalue weighted by atomic mass is 9.85. The van der Waals surface area contributed by atoms with E-state index in [9.17, 15) is 9.59 Å². The molecule has 2 aliphatic rings. The average Bonchev–Trinajstić information content (AvgIpc) is 2.68. The molecule has 0 unspecified atom stereocenters. The predicted octanol–water partition coefficient (Wildman–Crippen LogP) is 2.78. The van der Waals surface area contributed by atoms with Crippen molar-refractivity contribution in [2.24, 2.45) is 16.8 Å². The van der Waals surface area contributed by atoms with Crippen LogP contribution >= 0.6 is 0 Å². The number of amides is 1. The summed E-state index contributed by atoms with van der Waals surface area (Å²) >= 11 is 0. The Labute approximate surface area is 172 Å². The van der Waals surface area contributed by atoms with Crippen LogP contribution in [0.5, 0.6) is 0 Å². The molecule has 0 aromatic heterocycles. The Morgan fingerprint density at radius 1 is 1.17 bits per heavy atom. The maximum absolute atomic E-state index is 12.2. The van der Waals surface area contributed by atoms with Crippen LogP contribution in [0.15, 0.2) is 29.3 Å². The fourth-order valence-corrected chi connectivity index (χ4v) is 3.77. The van der Waals surface area contributed by atoms with Gasteiger partial charge < -0.3 is 20.3 Å². The van der Waals surface area contributed by atoms with E-state index in [1.165, 1.54) is 0 Å². The summed E-state index contributed by atoms with van der Waals surface area (Å²) in [7, 11) is 1.77. The Hall–Kier alpha value is -2.57.